The molecule has 0 aromatic heterocycles. The topological polar surface area (TPSA) is 134 Å². The van der Waals surface area contributed by atoms with Crippen LogP contribution in [-0.2, 0) is 32.7 Å². The van der Waals surface area contributed by atoms with Gasteiger partial charge in [-0.05, 0) is 70.6 Å². The number of ether oxygens (including phenoxy) is 2. The summed E-state index contributed by atoms with van der Waals surface area (Å²) in [5.41, 5.74) is 5.40. The number of esters is 2. The third kappa shape index (κ3) is 68.3. The summed E-state index contributed by atoms with van der Waals surface area (Å²) in [5.74, 6) is -0.811. The first-order chi connectivity index (χ1) is 41.3. The Balaban J connectivity index is 3.84. The maximum absolute atomic E-state index is 12.8. The van der Waals surface area contributed by atoms with Crippen LogP contribution in [0.2, 0.25) is 0 Å². The minimum absolute atomic E-state index is 0.0538. The minimum Gasteiger partial charge on any atom is -0.462 e. The lowest BCUT2D eigenvalue weighted by atomic mass is 10.0. The Morgan fingerprint density at radius 2 is 0.655 bits per heavy atom. The molecule has 2 atom stereocenters. The van der Waals surface area contributed by atoms with Crippen molar-refractivity contribution in [2.75, 3.05) is 26.4 Å². The first kappa shape index (κ1) is 81.2. The molecule has 0 fully saturated rings. The normalized spacial score (nSPS) is 13.4. The summed E-state index contributed by atoms with van der Waals surface area (Å²) in [6.07, 6.45) is 92.5. The maximum atomic E-state index is 12.8. The Morgan fingerprint density at radius 3 is 0.976 bits per heavy atom. The molecule has 0 bridgehead atoms. The van der Waals surface area contributed by atoms with Crippen molar-refractivity contribution in [1.82, 2.24) is 0 Å². The molecule has 0 aliphatic carbocycles. The monoisotopic (exact) mass is 1200 g/mol. The molecular formula is C74H134NO8P. The number of carbonyl (C=O) groups is 2. The van der Waals surface area contributed by atoms with E-state index in [4.69, 9.17) is 24.3 Å². The Kier molecular flexibility index (Phi) is 67.0. The SMILES string of the molecule is CC/C=C\C/C=C\C/C=C\C/C=C\C/C=C\C/C=C\C/C=C\CCCCCCCCCCCCCCCCCCCC(=O)OC(COC(=O)CCCCCCCCCCCCCCCCCCCCCCCCCC)COP(=O)(O)OCCN. The second-order valence-electron chi connectivity index (χ2n) is 23.7. The standard InChI is InChI=1S/C74H134NO8P/c1-3-5-7-9-11-13-15-17-19-21-23-25-27-29-30-31-32-33-34-35-36-37-38-39-40-41-42-43-45-47-49-51-53-55-57-59-61-63-65-67-74(77)83-72(71-82-84(78,79)81-69-68-75)70-80-73(76)66-64-62-60-58-56-54-52-50-48-46-44-28-26-24-22-20-18-16-14-12-10-8-6-4-2/h5,7,11,13,17,19,23,25,29-30,32-33,35-36,72H,3-4,6,8-10,12,14-16,18,20-22,24,26-28,31,34,37-71,75H2,1-2H3,(H,78,79)/b7-5-,13-11-,19-17-,25-23-,30-29-,33-32-,36-35-. The third-order valence-electron chi connectivity index (χ3n) is 15.5. The molecule has 3 N–H and O–H groups in total. The smallest absolute Gasteiger partial charge is 0.462 e. The number of hydrogen-bond acceptors (Lipinski definition) is 8. The van der Waals surface area contributed by atoms with E-state index in [-0.39, 0.29) is 38.6 Å². The van der Waals surface area contributed by atoms with Gasteiger partial charge in [0, 0.05) is 19.4 Å². The van der Waals surface area contributed by atoms with E-state index in [1.165, 1.54) is 225 Å². The largest absolute Gasteiger partial charge is 0.472 e. The summed E-state index contributed by atoms with van der Waals surface area (Å²) in [5, 5.41) is 0. The molecule has 0 aliphatic heterocycles. The first-order valence-corrected chi connectivity index (χ1v) is 37.1. The number of allylic oxidation sites excluding steroid dienone is 14. The molecule has 0 saturated heterocycles. The molecule has 0 heterocycles. The van der Waals surface area contributed by atoms with Crippen LogP contribution in [0, 0.1) is 0 Å². The zero-order valence-electron chi connectivity index (χ0n) is 54.9. The first-order valence-electron chi connectivity index (χ1n) is 35.6. The predicted molar refractivity (Wildman–Crippen MR) is 362 cm³/mol. The van der Waals surface area contributed by atoms with Crippen molar-refractivity contribution in [3.63, 3.8) is 0 Å². The van der Waals surface area contributed by atoms with Crippen molar-refractivity contribution >= 4 is 19.8 Å². The Bertz CT molecular complexity index is 1650. The summed E-state index contributed by atoms with van der Waals surface area (Å²) in [6.45, 7) is 3.69. The van der Waals surface area contributed by atoms with E-state index in [0.717, 1.165) is 83.5 Å². The Morgan fingerprint density at radius 1 is 0.369 bits per heavy atom. The van der Waals surface area contributed by atoms with Crippen molar-refractivity contribution in [3.05, 3.63) is 85.1 Å². The number of phosphoric ester groups is 1. The molecule has 10 heteroatoms. The van der Waals surface area contributed by atoms with Gasteiger partial charge in [-0.1, -0.05) is 343 Å². The number of carbonyl (C=O) groups excluding carboxylic acids is 2. The molecule has 84 heavy (non-hydrogen) atoms. The van der Waals surface area contributed by atoms with Crippen LogP contribution in [-0.4, -0.2) is 49.3 Å². The molecule has 0 rings (SSSR count). The molecule has 0 aromatic rings. The second kappa shape index (κ2) is 69.3. The predicted octanol–water partition coefficient (Wildman–Crippen LogP) is 23.4. The molecule has 9 nitrogen and oxygen atoms in total. The van der Waals surface area contributed by atoms with Crippen LogP contribution >= 0.6 is 7.82 Å². The van der Waals surface area contributed by atoms with Gasteiger partial charge < -0.3 is 20.1 Å². The van der Waals surface area contributed by atoms with Crippen LogP contribution in [0.1, 0.15) is 341 Å². The van der Waals surface area contributed by atoms with Gasteiger partial charge in [0.15, 0.2) is 6.10 Å². The van der Waals surface area contributed by atoms with Crippen molar-refractivity contribution in [2.24, 2.45) is 5.73 Å². The summed E-state index contributed by atoms with van der Waals surface area (Å²) < 4.78 is 33.2. The molecule has 0 amide bonds. The zero-order valence-corrected chi connectivity index (χ0v) is 55.8. The summed E-state index contributed by atoms with van der Waals surface area (Å²) in [4.78, 5) is 35.4. The van der Waals surface area contributed by atoms with Crippen LogP contribution in [0.4, 0.5) is 0 Å². The number of nitrogens with two attached hydrogens (primary N) is 1. The third-order valence-corrected chi connectivity index (χ3v) is 16.5. The highest BCUT2D eigenvalue weighted by Crippen LogP contribution is 2.43. The van der Waals surface area contributed by atoms with Gasteiger partial charge >= 0.3 is 19.8 Å². The summed E-state index contributed by atoms with van der Waals surface area (Å²) in [7, 11) is -4.39. The van der Waals surface area contributed by atoms with E-state index < -0.39 is 26.5 Å². The Labute approximate surface area is 519 Å². The summed E-state index contributed by atoms with van der Waals surface area (Å²) in [6, 6.07) is 0. The number of hydrogen-bond donors (Lipinski definition) is 2. The molecule has 0 aromatic carbocycles. The van der Waals surface area contributed by atoms with Gasteiger partial charge in [-0.2, -0.15) is 0 Å². The fourth-order valence-electron chi connectivity index (χ4n) is 10.3. The highest BCUT2D eigenvalue weighted by Gasteiger charge is 2.26. The summed E-state index contributed by atoms with van der Waals surface area (Å²) >= 11 is 0. The second-order valence-corrected chi connectivity index (χ2v) is 25.2. The molecule has 488 valence electrons. The molecular weight excluding hydrogens is 1060 g/mol. The van der Waals surface area contributed by atoms with Crippen molar-refractivity contribution < 1.29 is 37.6 Å². The lowest BCUT2D eigenvalue weighted by molar-refractivity contribution is -0.161. The average molecular weight is 1200 g/mol. The number of phosphoric acid groups is 1. The van der Waals surface area contributed by atoms with Crippen molar-refractivity contribution in [1.29, 1.82) is 0 Å². The van der Waals surface area contributed by atoms with Crippen molar-refractivity contribution in [2.45, 2.75) is 347 Å². The van der Waals surface area contributed by atoms with E-state index in [0.29, 0.717) is 6.42 Å². The molecule has 2 unspecified atom stereocenters. The van der Waals surface area contributed by atoms with E-state index in [1.807, 2.05) is 0 Å². The number of unbranched alkanes of at least 4 members (excludes halogenated alkanes) is 40. The van der Waals surface area contributed by atoms with Gasteiger partial charge in [0.1, 0.15) is 6.61 Å². The molecule has 0 aliphatic rings. The van der Waals surface area contributed by atoms with Crippen LogP contribution in [0.15, 0.2) is 85.1 Å². The van der Waals surface area contributed by atoms with Crippen molar-refractivity contribution in [3.8, 4) is 0 Å². The highest BCUT2D eigenvalue weighted by molar-refractivity contribution is 7.47. The Hall–Kier alpha value is -2.81. The van der Waals surface area contributed by atoms with Gasteiger partial charge in [0.2, 0.25) is 0 Å². The number of rotatable bonds is 67. The van der Waals surface area contributed by atoms with Gasteiger partial charge in [0.25, 0.3) is 0 Å². The van der Waals surface area contributed by atoms with E-state index >= 15 is 0 Å². The molecule has 0 spiro atoms. The average Bonchev–Trinajstić information content (AvgIpc) is 3.58. The van der Waals surface area contributed by atoms with Crippen LogP contribution in [0.25, 0.3) is 0 Å². The lowest BCUT2D eigenvalue weighted by Gasteiger charge is -2.19. The van der Waals surface area contributed by atoms with E-state index in [9.17, 15) is 19.0 Å². The van der Waals surface area contributed by atoms with E-state index in [1.54, 1.807) is 0 Å². The van der Waals surface area contributed by atoms with Gasteiger partial charge in [-0.25, -0.2) is 4.57 Å². The van der Waals surface area contributed by atoms with Gasteiger partial charge in [-0.3, -0.25) is 18.6 Å². The van der Waals surface area contributed by atoms with Crippen LogP contribution in [0.3, 0.4) is 0 Å². The fourth-order valence-corrected chi connectivity index (χ4v) is 11.1. The zero-order chi connectivity index (χ0) is 60.9. The lowest BCUT2D eigenvalue weighted by Crippen LogP contribution is -2.29. The molecule has 0 radical (unpaired) electrons. The van der Waals surface area contributed by atoms with Gasteiger partial charge in [0.05, 0.1) is 13.2 Å². The highest BCUT2D eigenvalue weighted by atomic mass is 31.2. The minimum atomic E-state index is -4.39. The van der Waals surface area contributed by atoms with E-state index in [2.05, 4.69) is 98.9 Å². The van der Waals surface area contributed by atoms with Crippen LogP contribution in [0.5, 0.6) is 0 Å². The van der Waals surface area contributed by atoms with Gasteiger partial charge in [-0.15, -0.1) is 0 Å². The van der Waals surface area contributed by atoms with Crippen LogP contribution < -0.4 is 5.73 Å². The quantitative estimate of drug-likeness (QED) is 0.0264. The maximum Gasteiger partial charge on any atom is 0.472 e. The fraction of sp³-hybridized carbons (Fsp3) is 0.784. The molecule has 0 saturated carbocycles.